The minimum atomic E-state index is -0.311. The SMILES string of the molecule is CCC(N)(CC)CNC(=O)/C=C/c1ccco1. The Morgan fingerprint density at radius 3 is 2.76 bits per heavy atom. The van der Waals surface area contributed by atoms with Crippen LogP contribution in [-0.2, 0) is 4.79 Å². The third-order valence-electron chi connectivity index (χ3n) is 2.97. The highest BCUT2D eigenvalue weighted by Crippen LogP contribution is 2.09. The van der Waals surface area contributed by atoms with Gasteiger partial charge < -0.3 is 15.5 Å². The standard InChI is InChI=1S/C13H20N2O2/c1-3-13(14,4-2)10-15-12(16)8-7-11-6-5-9-17-11/h5-9H,3-4,10,14H2,1-2H3,(H,15,16)/b8-7+. The molecule has 0 saturated heterocycles. The van der Waals surface area contributed by atoms with E-state index < -0.39 is 0 Å². The normalized spacial score (nSPS) is 11.9. The molecule has 94 valence electrons. The molecule has 3 N–H and O–H groups in total. The van der Waals surface area contributed by atoms with Gasteiger partial charge in [0.2, 0.25) is 5.91 Å². The summed E-state index contributed by atoms with van der Waals surface area (Å²) in [7, 11) is 0. The van der Waals surface area contributed by atoms with Crippen LogP contribution in [0.2, 0.25) is 0 Å². The van der Waals surface area contributed by atoms with Crippen molar-refractivity contribution >= 4 is 12.0 Å². The van der Waals surface area contributed by atoms with Gasteiger partial charge in [0.1, 0.15) is 5.76 Å². The van der Waals surface area contributed by atoms with E-state index in [2.05, 4.69) is 5.32 Å². The van der Waals surface area contributed by atoms with Crippen LogP contribution in [0.5, 0.6) is 0 Å². The maximum atomic E-state index is 11.5. The van der Waals surface area contributed by atoms with E-state index in [4.69, 9.17) is 10.2 Å². The van der Waals surface area contributed by atoms with Gasteiger partial charge in [0.25, 0.3) is 0 Å². The van der Waals surface area contributed by atoms with Crippen LogP contribution in [0.4, 0.5) is 0 Å². The summed E-state index contributed by atoms with van der Waals surface area (Å²) in [6.07, 6.45) is 6.32. The average molecular weight is 236 g/mol. The van der Waals surface area contributed by atoms with E-state index in [1.807, 2.05) is 13.8 Å². The quantitative estimate of drug-likeness (QED) is 0.741. The third-order valence-corrected chi connectivity index (χ3v) is 2.97. The summed E-state index contributed by atoms with van der Waals surface area (Å²) in [5, 5.41) is 2.80. The number of furan rings is 1. The molecule has 0 fully saturated rings. The number of rotatable bonds is 6. The van der Waals surface area contributed by atoms with Crippen molar-refractivity contribution in [1.82, 2.24) is 5.32 Å². The van der Waals surface area contributed by atoms with Crippen LogP contribution in [0.1, 0.15) is 32.4 Å². The number of carbonyl (C=O) groups is 1. The smallest absolute Gasteiger partial charge is 0.244 e. The van der Waals surface area contributed by atoms with Gasteiger partial charge in [0.05, 0.1) is 6.26 Å². The Hall–Kier alpha value is -1.55. The lowest BCUT2D eigenvalue weighted by atomic mass is 9.94. The van der Waals surface area contributed by atoms with Crippen molar-refractivity contribution in [2.45, 2.75) is 32.2 Å². The van der Waals surface area contributed by atoms with Crippen LogP contribution < -0.4 is 11.1 Å². The molecule has 0 aliphatic heterocycles. The maximum Gasteiger partial charge on any atom is 0.244 e. The number of hydrogen-bond acceptors (Lipinski definition) is 3. The van der Waals surface area contributed by atoms with E-state index in [0.717, 1.165) is 12.8 Å². The van der Waals surface area contributed by atoms with Gasteiger partial charge >= 0.3 is 0 Å². The Balaban J connectivity index is 2.40. The highest BCUT2D eigenvalue weighted by atomic mass is 16.3. The monoisotopic (exact) mass is 236 g/mol. The van der Waals surface area contributed by atoms with E-state index >= 15 is 0 Å². The van der Waals surface area contributed by atoms with Crippen molar-refractivity contribution in [3.05, 3.63) is 30.2 Å². The molecule has 0 radical (unpaired) electrons. The van der Waals surface area contributed by atoms with Crippen LogP contribution >= 0.6 is 0 Å². The van der Waals surface area contributed by atoms with Crippen molar-refractivity contribution in [3.8, 4) is 0 Å². The molecule has 0 saturated carbocycles. The lowest BCUT2D eigenvalue weighted by Gasteiger charge is -2.26. The molecule has 0 spiro atoms. The topological polar surface area (TPSA) is 68.3 Å². The molecule has 0 bridgehead atoms. The van der Waals surface area contributed by atoms with Crippen LogP contribution in [0.25, 0.3) is 6.08 Å². The second-order valence-electron chi connectivity index (χ2n) is 4.14. The molecule has 0 unspecified atom stereocenters. The van der Waals surface area contributed by atoms with Gasteiger partial charge in [-0.25, -0.2) is 0 Å². The lowest BCUT2D eigenvalue weighted by Crippen LogP contribution is -2.48. The molecule has 1 heterocycles. The fourth-order valence-electron chi connectivity index (χ4n) is 1.37. The zero-order valence-corrected chi connectivity index (χ0v) is 10.4. The van der Waals surface area contributed by atoms with Crippen molar-refractivity contribution in [3.63, 3.8) is 0 Å². The molecule has 1 amide bonds. The van der Waals surface area contributed by atoms with Crippen LogP contribution in [0.3, 0.4) is 0 Å². The van der Waals surface area contributed by atoms with E-state index in [-0.39, 0.29) is 11.4 Å². The summed E-state index contributed by atoms with van der Waals surface area (Å²) in [6.45, 7) is 4.53. The first-order chi connectivity index (χ1) is 8.09. The Bertz CT molecular complexity index is 365. The lowest BCUT2D eigenvalue weighted by molar-refractivity contribution is -0.116. The van der Waals surface area contributed by atoms with Crippen LogP contribution in [-0.4, -0.2) is 18.0 Å². The first-order valence-corrected chi connectivity index (χ1v) is 5.88. The molecule has 17 heavy (non-hydrogen) atoms. The summed E-state index contributed by atoms with van der Waals surface area (Å²) < 4.78 is 5.08. The highest BCUT2D eigenvalue weighted by molar-refractivity contribution is 5.91. The van der Waals surface area contributed by atoms with E-state index in [9.17, 15) is 4.79 Å². The Morgan fingerprint density at radius 1 is 1.53 bits per heavy atom. The summed E-state index contributed by atoms with van der Waals surface area (Å²) in [6, 6.07) is 3.56. The van der Waals surface area contributed by atoms with Gasteiger partial charge in [-0.3, -0.25) is 4.79 Å². The molecule has 4 heteroatoms. The number of nitrogens with two attached hydrogens (primary N) is 1. The molecule has 1 aromatic rings. The maximum absolute atomic E-state index is 11.5. The largest absolute Gasteiger partial charge is 0.465 e. The van der Waals surface area contributed by atoms with Crippen molar-refractivity contribution < 1.29 is 9.21 Å². The third kappa shape index (κ3) is 4.44. The Labute approximate surface area is 102 Å². The van der Waals surface area contributed by atoms with E-state index in [1.54, 1.807) is 24.5 Å². The first kappa shape index (κ1) is 13.5. The zero-order valence-electron chi connectivity index (χ0n) is 10.4. The molecule has 0 aliphatic rings. The van der Waals surface area contributed by atoms with Gasteiger partial charge in [-0.15, -0.1) is 0 Å². The van der Waals surface area contributed by atoms with Gasteiger partial charge in [0, 0.05) is 18.2 Å². The van der Waals surface area contributed by atoms with Crippen molar-refractivity contribution in [2.24, 2.45) is 5.73 Å². The van der Waals surface area contributed by atoms with Gasteiger partial charge in [-0.05, 0) is 31.1 Å². The number of nitrogens with one attached hydrogen (secondary N) is 1. The average Bonchev–Trinajstić information content (AvgIpc) is 2.86. The second-order valence-corrected chi connectivity index (χ2v) is 4.14. The molecule has 1 aromatic heterocycles. The number of carbonyl (C=O) groups excluding carboxylic acids is 1. The molecule has 4 nitrogen and oxygen atoms in total. The molecule has 0 aliphatic carbocycles. The van der Waals surface area contributed by atoms with Crippen molar-refractivity contribution in [2.75, 3.05) is 6.54 Å². The fourth-order valence-corrected chi connectivity index (χ4v) is 1.37. The minimum absolute atomic E-state index is 0.155. The molecular weight excluding hydrogens is 216 g/mol. The van der Waals surface area contributed by atoms with Gasteiger partial charge in [-0.2, -0.15) is 0 Å². The van der Waals surface area contributed by atoms with Gasteiger partial charge in [-0.1, -0.05) is 13.8 Å². The second kappa shape index (κ2) is 6.25. The van der Waals surface area contributed by atoms with E-state index in [1.165, 1.54) is 6.08 Å². The predicted molar refractivity (Wildman–Crippen MR) is 68.3 cm³/mol. The van der Waals surface area contributed by atoms with Gasteiger partial charge in [0.15, 0.2) is 0 Å². The summed E-state index contributed by atoms with van der Waals surface area (Å²) in [5.41, 5.74) is 5.77. The number of amides is 1. The summed E-state index contributed by atoms with van der Waals surface area (Å²) >= 11 is 0. The van der Waals surface area contributed by atoms with Crippen LogP contribution in [0.15, 0.2) is 28.9 Å². The Morgan fingerprint density at radius 2 is 2.24 bits per heavy atom. The number of hydrogen-bond donors (Lipinski definition) is 2. The Kier molecular flexibility index (Phi) is 4.97. The first-order valence-electron chi connectivity index (χ1n) is 5.88. The molecular formula is C13H20N2O2. The summed E-state index contributed by atoms with van der Waals surface area (Å²) in [4.78, 5) is 11.5. The zero-order chi connectivity index (χ0) is 12.7. The molecule has 0 aromatic carbocycles. The summed E-state index contributed by atoms with van der Waals surface area (Å²) in [5.74, 6) is 0.503. The van der Waals surface area contributed by atoms with Crippen LogP contribution in [0, 0.1) is 0 Å². The molecule has 0 atom stereocenters. The van der Waals surface area contributed by atoms with Crippen molar-refractivity contribution in [1.29, 1.82) is 0 Å². The highest BCUT2D eigenvalue weighted by Gasteiger charge is 2.20. The predicted octanol–water partition coefficient (Wildman–Crippen LogP) is 1.93. The minimum Gasteiger partial charge on any atom is -0.465 e. The molecule has 1 rings (SSSR count). The fraction of sp³-hybridized carbons (Fsp3) is 0.462. The van der Waals surface area contributed by atoms with E-state index in [0.29, 0.717) is 12.3 Å².